The van der Waals surface area contributed by atoms with Crippen molar-refractivity contribution in [1.29, 1.82) is 0 Å². The molecule has 0 saturated carbocycles. The van der Waals surface area contributed by atoms with Gasteiger partial charge in [0, 0.05) is 21.1 Å². The van der Waals surface area contributed by atoms with Crippen LogP contribution in [-0.4, -0.2) is 39.7 Å². The quantitative estimate of drug-likeness (QED) is 0.807. The molecule has 2 aromatic rings. The molecule has 2 heterocycles. The minimum Gasteiger partial charge on any atom is -0.477 e. The average molecular weight is 220 g/mol. The zero-order valence-electron chi connectivity index (χ0n) is 9.30. The lowest BCUT2D eigenvalue weighted by molar-refractivity contribution is 0.0687. The number of carboxylic acid groups (broad SMARTS) is 1. The highest BCUT2D eigenvalue weighted by Crippen LogP contribution is 2.24. The number of aromatic nitrogens is 3. The lowest BCUT2D eigenvalue weighted by Crippen LogP contribution is -2.11. The SMILES string of the molecule is CN(C)c1ncnc2c1cc(C(=O)O)n2C. The Morgan fingerprint density at radius 1 is 1.44 bits per heavy atom. The summed E-state index contributed by atoms with van der Waals surface area (Å²) in [5.41, 5.74) is 0.828. The molecule has 0 atom stereocenters. The molecular formula is C10H12N4O2. The largest absolute Gasteiger partial charge is 0.477 e. The number of aromatic carboxylic acids is 1. The maximum absolute atomic E-state index is 11.0. The monoisotopic (exact) mass is 220 g/mol. The minimum absolute atomic E-state index is 0.207. The summed E-state index contributed by atoms with van der Waals surface area (Å²) in [7, 11) is 5.39. The molecule has 0 bridgehead atoms. The van der Waals surface area contributed by atoms with E-state index in [-0.39, 0.29) is 5.69 Å². The van der Waals surface area contributed by atoms with Crippen molar-refractivity contribution in [2.75, 3.05) is 19.0 Å². The van der Waals surface area contributed by atoms with E-state index in [1.54, 1.807) is 17.7 Å². The van der Waals surface area contributed by atoms with Crippen molar-refractivity contribution < 1.29 is 9.90 Å². The number of aryl methyl sites for hydroxylation is 1. The summed E-state index contributed by atoms with van der Waals surface area (Å²) in [6.45, 7) is 0. The van der Waals surface area contributed by atoms with E-state index in [1.807, 2.05) is 19.0 Å². The first-order valence-electron chi connectivity index (χ1n) is 4.73. The molecule has 0 unspecified atom stereocenters. The summed E-state index contributed by atoms with van der Waals surface area (Å²) in [6.07, 6.45) is 1.43. The molecule has 0 fully saturated rings. The molecule has 84 valence electrons. The van der Waals surface area contributed by atoms with Gasteiger partial charge in [-0.3, -0.25) is 0 Å². The van der Waals surface area contributed by atoms with Gasteiger partial charge >= 0.3 is 5.97 Å². The van der Waals surface area contributed by atoms with E-state index in [1.165, 1.54) is 6.33 Å². The fourth-order valence-electron chi connectivity index (χ4n) is 1.68. The highest BCUT2D eigenvalue weighted by molar-refractivity contribution is 5.97. The molecule has 0 aromatic carbocycles. The van der Waals surface area contributed by atoms with E-state index < -0.39 is 5.97 Å². The number of carboxylic acids is 1. The van der Waals surface area contributed by atoms with Gasteiger partial charge in [-0.2, -0.15) is 0 Å². The number of fused-ring (bicyclic) bond motifs is 1. The predicted molar refractivity (Wildman–Crippen MR) is 59.8 cm³/mol. The van der Waals surface area contributed by atoms with Crippen molar-refractivity contribution in [3.05, 3.63) is 18.1 Å². The first kappa shape index (κ1) is 10.4. The van der Waals surface area contributed by atoms with Crippen molar-refractivity contribution in [2.45, 2.75) is 0 Å². The molecule has 6 heteroatoms. The van der Waals surface area contributed by atoms with Crippen LogP contribution >= 0.6 is 0 Å². The van der Waals surface area contributed by atoms with Crippen LogP contribution in [-0.2, 0) is 7.05 Å². The van der Waals surface area contributed by atoms with Crippen LogP contribution in [0.5, 0.6) is 0 Å². The van der Waals surface area contributed by atoms with Crippen LogP contribution < -0.4 is 4.90 Å². The maximum atomic E-state index is 11.0. The molecule has 6 nitrogen and oxygen atoms in total. The third kappa shape index (κ3) is 1.39. The Hall–Kier alpha value is -2.11. The number of anilines is 1. The molecule has 16 heavy (non-hydrogen) atoms. The van der Waals surface area contributed by atoms with Gasteiger partial charge in [0.2, 0.25) is 0 Å². The first-order valence-corrected chi connectivity index (χ1v) is 4.73. The topological polar surface area (TPSA) is 71.2 Å². The van der Waals surface area contributed by atoms with E-state index in [0.29, 0.717) is 11.5 Å². The average Bonchev–Trinajstić information content (AvgIpc) is 2.56. The standard InChI is InChI=1S/C10H12N4O2/c1-13(2)8-6-4-7(10(15)16)14(3)9(6)12-5-11-8/h4-5H,1-3H3,(H,15,16). The molecule has 0 aliphatic carbocycles. The summed E-state index contributed by atoms with van der Waals surface area (Å²) < 4.78 is 1.55. The van der Waals surface area contributed by atoms with E-state index in [4.69, 9.17) is 5.11 Å². The van der Waals surface area contributed by atoms with Gasteiger partial charge < -0.3 is 14.6 Å². The summed E-state index contributed by atoms with van der Waals surface area (Å²) in [4.78, 5) is 21.0. The lowest BCUT2D eigenvalue weighted by Gasteiger charge is -2.11. The Morgan fingerprint density at radius 2 is 2.12 bits per heavy atom. The highest BCUT2D eigenvalue weighted by atomic mass is 16.4. The van der Waals surface area contributed by atoms with Crippen LogP contribution in [0.15, 0.2) is 12.4 Å². The summed E-state index contributed by atoms with van der Waals surface area (Å²) in [5, 5.41) is 9.76. The third-order valence-corrected chi connectivity index (χ3v) is 2.44. The third-order valence-electron chi connectivity index (χ3n) is 2.44. The van der Waals surface area contributed by atoms with Crippen molar-refractivity contribution >= 4 is 22.8 Å². The summed E-state index contributed by atoms with van der Waals surface area (Å²) in [6, 6.07) is 1.59. The minimum atomic E-state index is -0.967. The molecule has 1 N–H and O–H groups in total. The molecule has 2 aromatic heterocycles. The Kier molecular flexibility index (Phi) is 2.26. The normalized spacial score (nSPS) is 10.7. The van der Waals surface area contributed by atoms with Crippen molar-refractivity contribution in [3.63, 3.8) is 0 Å². The maximum Gasteiger partial charge on any atom is 0.352 e. The number of nitrogens with zero attached hydrogens (tertiary/aromatic N) is 4. The summed E-state index contributed by atoms with van der Waals surface area (Å²) in [5.74, 6) is -0.252. The lowest BCUT2D eigenvalue weighted by atomic mass is 10.3. The number of hydrogen-bond donors (Lipinski definition) is 1. The van der Waals surface area contributed by atoms with Crippen LogP contribution in [0.2, 0.25) is 0 Å². The molecule has 0 radical (unpaired) electrons. The Bertz CT molecular complexity index is 559. The second kappa shape index (κ2) is 3.48. The molecule has 0 saturated heterocycles. The molecule has 0 amide bonds. The highest BCUT2D eigenvalue weighted by Gasteiger charge is 2.16. The number of hydrogen-bond acceptors (Lipinski definition) is 4. The van der Waals surface area contributed by atoms with Crippen LogP contribution in [0.4, 0.5) is 5.82 Å². The Balaban J connectivity index is 2.80. The van der Waals surface area contributed by atoms with Gasteiger partial charge in [0.25, 0.3) is 0 Å². The van der Waals surface area contributed by atoms with Crippen LogP contribution in [0.3, 0.4) is 0 Å². The van der Waals surface area contributed by atoms with Crippen LogP contribution in [0.1, 0.15) is 10.5 Å². The first-order chi connectivity index (χ1) is 7.52. The van der Waals surface area contributed by atoms with Gasteiger partial charge in [0.15, 0.2) is 0 Å². The summed E-state index contributed by atoms with van der Waals surface area (Å²) >= 11 is 0. The van der Waals surface area contributed by atoms with Gasteiger partial charge in [-0.25, -0.2) is 14.8 Å². The van der Waals surface area contributed by atoms with Crippen LogP contribution in [0.25, 0.3) is 11.0 Å². The van der Waals surface area contributed by atoms with E-state index in [9.17, 15) is 4.79 Å². The van der Waals surface area contributed by atoms with Gasteiger partial charge in [-0.1, -0.05) is 0 Å². The van der Waals surface area contributed by atoms with E-state index >= 15 is 0 Å². The van der Waals surface area contributed by atoms with Crippen LogP contribution in [0, 0.1) is 0 Å². The van der Waals surface area contributed by atoms with Gasteiger partial charge in [-0.05, 0) is 6.07 Å². The Labute approximate surface area is 92.1 Å². The van der Waals surface area contributed by atoms with Gasteiger partial charge in [0.05, 0.1) is 5.39 Å². The van der Waals surface area contributed by atoms with E-state index in [2.05, 4.69) is 9.97 Å². The van der Waals surface area contributed by atoms with Gasteiger partial charge in [-0.15, -0.1) is 0 Å². The smallest absolute Gasteiger partial charge is 0.352 e. The molecule has 0 spiro atoms. The fraction of sp³-hybridized carbons (Fsp3) is 0.300. The molecule has 2 rings (SSSR count). The van der Waals surface area contributed by atoms with E-state index in [0.717, 1.165) is 5.39 Å². The molecular weight excluding hydrogens is 208 g/mol. The Morgan fingerprint density at radius 3 is 2.69 bits per heavy atom. The van der Waals surface area contributed by atoms with Crippen molar-refractivity contribution in [1.82, 2.24) is 14.5 Å². The zero-order valence-corrected chi connectivity index (χ0v) is 9.30. The number of rotatable bonds is 2. The fourth-order valence-corrected chi connectivity index (χ4v) is 1.68. The predicted octanol–water partition coefficient (Wildman–Crippen LogP) is 0.732. The van der Waals surface area contributed by atoms with Crippen molar-refractivity contribution in [2.24, 2.45) is 7.05 Å². The molecule has 0 aliphatic rings. The van der Waals surface area contributed by atoms with Gasteiger partial charge in [0.1, 0.15) is 23.5 Å². The zero-order chi connectivity index (χ0) is 11.9. The molecule has 0 aliphatic heterocycles. The number of carbonyl (C=O) groups is 1. The van der Waals surface area contributed by atoms with Crippen molar-refractivity contribution in [3.8, 4) is 0 Å². The second-order valence-electron chi connectivity index (χ2n) is 3.72. The second-order valence-corrected chi connectivity index (χ2v) is 3.72.